The van der Waals surface area contributed by atoms with Crippen LogP contribution in [-0.2, 0) is 11.3 Å². The Morgan fingerprint density at radius 1 is 1.19 bits per heavy atom. The van der Waals surface area contributed by atoms with Gasteiger partial charge in [-0.05, 0) is 54.8 Å². The lowest BCUT2D eigenvalue weighted by Crippen LogP contribution is -2.36. The third kappa shape index (κ3) is 5.02. The predicted molar refractivity (Wildman–Crippen MR) is 109 cm³/mol. The maximum Gasteiger partial charge on any atom is 0.234 e. The van der Waals surface area contributed by atoms with Gasteiger partial charge in [-0.1, -0.05) is 34.1 Å². The molecule has 3 rings (SSSR count). The fourth-order valence-corrected chi connectivity index (χ4v) is 3.96. The fraction of sp³-hybridized carbons (Fsp3) is 0.381. The van der Waals surface area contributed by atoms with Gasteiger partial charge < -0.3 is 14.8 Å². The summed E-state index contributed by atoms with van der Waals surface area (Å²) in [6, 6.07) is 14.3. The van der Waals surface area contributed by atoms with Gasteiger partial charge in [-0.3, -0.25) is 9.69 Å². The molecule has 0 saturated carbocycles. The molecule has 5 nitrogen and oxygen atoms in total. The van der Waals surface area contributed by atoms with Gasteiger partial charge in [0.1, 0.15) is 0 Å². The minimum absolute atomic E-state index is 0.0340. The number of ether oxygens (including phenoxy) is 2. The number of halogens is 1. The molecule has 0 bridgehead atoms. The molecule has 1 atom stereocenters. The van der Waals surface area contributed by atoms with E-state index in [0.717, 1.165) is 29.4 Å². The maximum absolute atomic E-state index is 12.5. The third-order valence-corrected chi connectivity index (χ3v) is 5.37. The third-order valence-electron chi connectivity index (χ3n) is 4.88. The van der Waals surface area contributed by atoms with Crippen LogP contribution >= 0.6 is 15.9 Å². The number of benzene rings is 2. The summed E-state index contributed by atoms with van der Waals surface area (Å²) in [4.78, 5) is 14.7. The lowest BCUT2D eigenvalue weighted by Gasteiger charge is -2.24. The van der Waals surface area contributed by atoms with Crippen LogP contribution in [0.5, 0.6) is 11.5 Å². The van der Waals surface area contributed by atoms with Crippen LogP contribution in [0.25, 0.3) is 0 Å². The normalized spacial score (nSPS) is 16.9. The van der Waals surface area contributed by atoms with Crippen molar-refractivity contribution in [3.8, 4) is 11.5 Å². The quantitative estimate of drug-likeness (QED) is 0.719. The molecule has 0 aromatic heterocycles. The number of hydrogen-bond acceptors (Lipinski definition) is 4. The summed E-state index contributed by atoms with van der Waals surface area (Å²) in [6.07, 6.45) is 2.19. The number of nitrogens with zero attached hydrogens (tertiary/aromatic N) is 1. The minimum atomic E-state index is 0.0340. The van der Waals surface area contributed by atoms with E-state index in [1.54, 1.807) is 14.2 Å². The van der Waals surface area contributed by atoms with E-state index in [4.69, 9.17) is 9.47 Å². The molecule has 0 aliphatic carbocycles. The Morgan fingerprint density at radius 3 is 2.74 bits per heavy atom. The van der Waals surface area contributed by atoms with E-state index in [9.17, 15) is 4.79 Å². The number of amides is 1. The van der Waals surface area contributed by atoms with Crippen molar-refractivity contribution in [2.45, 2.75) is 25.4 Å². The van der Waals surface area contributed by atoms with Crippen LogP contribution < -0.4 is 14.8 Å². The van der Waals surface area contributed by atoms with Gasteiger partial charge >= 0.3 is 0 Å². The Morgan fingerprint density at radius 2 is 2.00 bits per heavy atom. The van der Waals surface area contributed by atoms with Gasteiger partial charge in [-0.15, -0.1) is 0 Å². The van der Waals surface area contributed by atoms with Crippen molar-refractivity contribution < 1.29 is 14.3 Å². The average Bonchev–Trinajstić information content (AvgIpc) is 3.14. The first kappa shape index (κ1) is 19.7. The molecule has 0 spiro atoms. The van der Waals surface area contributed by atoms with E-state index in [2.05, 4.69) is 38.3 Å². The van der Waals surface area contributed by atoms with Crippen LogP contribution in [0.4, 0.5) is 0 Å². The Balaban J connectivity index is 1.57. The number of hydrogen-bond donors (Lipinski definition) is 1. The van der Waals surface area contributed by atoms with Crippen LogP contribution in [0, 0.1) is 0 Å². The summed E-state index contributed by atoms with van der Waals surface area (Å²) in [7, 11) is 3.21. The molecular formula is C21H25BrN2O3. The van der Waals surface area contributed by atoms with E-state index in [-0.39, 0.29) is 5.91 Å². The molecular weight excluding hydrogens is 408 g/mol. The maximum atomic E-state index is 12.5. The molecule has 6 heteroatoms. The first-order valence-corrected chi connectivity index (χ1v) is 9.87. The second-order valence-electron chi connectivity index (χ2n) is 6.65. The molecule has 1 fully saturated rings. The van der Waals surface area contributed by atoms with Crippen molar-refractivity contribution in [1.29, 1.82) is 0 Å². The molecule has 2 aromatic carbocycles. The Hall–Kier alpha value is -2.05. The van der Waals surface area contributed by atoms with Gasteiger partial charge in [0.25, 0.3) is 0 Å². The van der Waals surface area contributed by atoms with Gasteiger partial charge in [0.2, 0.25) is 5.91 Å². The largest absolute Gasteiger partial charge is 0.493 e. The van der Waals surface area contributed by atoms with Gasteiger partial charge in [0.15, 0.2) is 11.5 Å². The molecule has 27 heavy (non-hydrogen) atoms. The molecule has 1 amide bonds. The SMILES string of the molecule is COc1ccc(CNC(=O)CN2CCCC2c2cccc(Br)c2)cc1OC. The number of carbonyl (C=O) groups is 1. The van der Waals surface area contributed by atoms with Gasteiger partial charge in [0.05, 0.1) is 20.8 Å². The van der Waals surface area contributed by atoms with Crippen molar-refractivity contribution in [2.24, 2.45) is 0 Å². The zero-order chi connectivity index (χ0) is 19.2. The fourth-order valence-electron chi connectivity index (χ4n) is 3.54. The summed E-state index contributed by atoms with van der Waals surface area (Å²) in [5.74, 6) is 1.38. The first-order valence-electron chi connectivity index (χ1n) is 9.08. The highest BCUT2D eigenvalue weighted by Crippen LogP contribution is 2.32. The highest BCUT2D eigenvalue weighted by molar-refractivity contribution is 9.10. The van der Waals surface area contributed by atoms with E-state index in [0.29, 0.717) is 30.6 Å². The van der Waals surface area contributed by atoms with Crippen molar-refractivity contribution in [1.82, 2.24) is 10.2 Å². The zero-order valence-corrected chi connectivity index (χ0v) is 17.3. The molecule has 1 heterocycles. The number of rotatable bonds is 7. The molecule has 1 aliphatic rings. The van der Waals surface area contributed by atoms with E-state index < -0.39 is 0 Å². The van der Waals surface area contributed by atoms with Gasteiger partial charge in [-0.25, -0.2) is 0 Å². The Kier molecular flexibility index (Phi) is 6.74. The summed E-state index contributed by atoms with van der Waals surface area (Å²) in [6.45, 7) is 1.82. The lowest BCUT2D eigenvalue weighted by atomic mass is 10.0. The van der Waals surface area contributed by atoms with Gasteiger partial charge in [-0.2, -0.15) is 0 Å². The highest BCUT2D eigenvalue weighted by atomic mass is 79.9. The van der Waals surface area contributed by atoms with Crippen molar-refractivity contribution >= 4 is 21.8 Å². The summed E-state index contributed by atoms with van der Waals surface area (Å²) in [5, 5.41) is 3.01. The van der Waals surface area contributed by atoms with Crippen LogP contribution in [0.2, 0.25) is 0 Å². The van der Waals surface area contributed by atoms with Crippen molar-refractivity contribution in [3.05, 3.63) is 58.1 Å². The number of likely N-dealkylation sites (tertiary alicyclic amines) is 1. The zero-order valence-electron chi connectivity index (χ0n) is 15.7. The Labute approximate surface area is 168 Å². The first-order chi connectivity index (χ1) is 13.1. The molecule has 1 aliphatic heterocycles. The standard InChI is InChI=1S/C21H25BrN2O3/c1-26-19-9-8-15(11-20(19)27-2)13-23-21(25)14-24-10-4-7-18(24)16-5-3-6-17(22)12-16/h3,5-6,8-9,11-12,18H,4,7,10,13-14H2,1-2H3,(H,23,25). The number of carbonyl (C=O) groups excluding carboxylic acids is 1. The van der Waals surface area contributed by atoms with Crippen LogP contribution in [0.1, 0.15) is 30.0 Å². The molecule has 2 aromatic rings. The van der Waals surface area contributed by atoms with Crippen LogP contribution in [0.3, 0.4) is 0 Å². The van der Waals surface area contributed by atoms with E-state index >= 15 is 0 Å². The summed E-state index contributed by atoms with van der Waals surface area (Å²) >= 11 is 3.54. The van der Waals surface area contributed by atoms with E-state index in [1.807, 2.05) is 30.3 Å². The van der Waals surface area contributed by atoms with Gasteiger partial charge in [0, 0.05) is 17.1 Å². The van der Waals surface area contributed by atoms with Crippen LogP contribution in [-0.4, -0.2) is 38.1 Å². The Bertz CT molecular complexity index is 797. The smallest absolute Gasteiger partial charge is 0.234 e. The number of nitrogens with one attached hydrogen (secondary N) is 1. The molecule has 144 valence electrons. The summed E-state index contributed by atoms with van der Waals surface area (Å²) in [5.41, 5.74) is 2.24. The molecule has 1 unspecified atom stereocenters. The van der Waals surface area contributed by atoms with E-state index in [1.165, 1.54) is 5.56 Å². The van der Waals surface area contributed by atoms with Crippen molar-refractivity contribution in [3.63, 3.8) is 0 Å². The lowest BCUT2D eigenvalue weighted by molar-refractivity contribution is -0.122. The van der Waals surface area contributed by atoms with Crippen molar-refractivity contribution in [2.75, 3.05) is 27.3 Å². The molecule has 0 radical (unpaired) electrons. The average molecular weight is 433 g/mol. The monoisotopic (exact) mass is 432 g/mol. The molecule has 1 saturated heterocycles. The second kappa shape index (κ2) is 9.24. The topological polar surface area (TPSA) is 50.8 Å². The second-order valence-corrected chi connectivity index (χ2v) is 7.57. The number of methoxy groups -OCH3 is 2. The summed E-state index contributed by atoms with van der Waals surface area (Å²) < 4.78 is 11.6. The predicted octanol–water partition coefficient (Wildman–Crippen LogP) is 3.92. The molecule has 1 N–H and O–H groups in total. The van der Waals surface area contributed by atoms with Crippen LogP contribution in [0.15, 0.2) is 46.9 Å². The highest BCUT2D eigenvalue weighted by Gasteiger charge is 2.27. The minimum Gasteiger partial charge on any atom is -0.493 e.